The number of amides is 3. The molecule has 0 bridgehead atoms. The van der Waals surface area contributed by atoms with Gasteiger partial charge in [0.2, 0.25) is 17.7 Å². The number of ether oxygens (including phenoxy) is 1. The molecule has 0 spiro atoms. The third kappa shape index (κ3) is 5.56. The molecule has 3 aromatic rings. The van der Waals surface area contributed by atoms with Crippen molar-refractivity contribution in [3.8, 4) is 5.75 Å². The van der Waals surface area contributed by atoms with Gasteiger partial charge in [-0.3, -0.25) is 14.4 Å². The van der Waals surface area contributed by atoms with Crippen LogP contribution in [0.4, 0.5) is 11.4 Å². The summed E-state index contributed by atoms with van der Waals surface area (Å²) in [5.74, 6) is 0.0535. The number of rotatable bonds is 7. The Morgan fingerprint density at radius 2 is 1.70 bits per heavy atom. The maximum absolute atomic E-state index is 12.9. The quantitative estimate of drug-likeness (QED) is 0.484. The largest absolute Gasteiger partial charge is 0.497 e. The lowest BCUT2D eigenvalue weighted by atomic mass is 10.1. The summed E-state index contributed by atoms with van der Waals surface area (Å²) >= 11 is 7.21. The summed E-state index contributed by atoms with van der Waals surface area (Å²) in [4.78, 5) is 39.7. The van der Waals surface area contributed by atoms with Crippen LogP contribution in [-0.2, 0) is 20.8 Å². The van der Waals surface area contributed by atoms with Crippen molar-refractivity contribution in [3.05, 3.63) is 83.4 Å². The van der Waals surface area contributed by atoms with Gasteiger partial charge >= 0.3 is 0 Å². The van der Waals surface area contributed by atoms with E-state index in [1.807, 2.05) is 24.3 Å². The molecule has 1 aliphatic heterocycles. The van der Waals surface area contributed by atoms with Crippen LogP contribution in [0.25, 0.3) is 0 Å². The smallest absolute Gasteiger partial charge is 0.247 e. The highest BCUT2D eigenvalue weighted by Gasteiger charge is 2.40. The average Bonchev–Trinajstić information content (AvgIpc) is 3.09. The molecule has 6 nitrogen and oxygen atoms in total. The lowest BCUT2D eigenvalue weighted by Gasteiger charge is -2.15. The van der Waals surface area contributed by atoms with E-state index in [0.29, 0.717) is 22.1 Å². The molecule has 1 heterocycles. The zero-order valence-electron chi connectivity index (χ0n) is 17.8. The summed E-state index contributed by atoms with van der Waals surface area (Å²) in [5, 5.41) is 2.99. The number of halogens is 1. The third-order valence-electron chi connectivity index (χ3n) is 5.13. The summed E-state index contributed by atoms with van der Waals surface area (Å²) < 4.78 is 5.13. The Balaban J connectivity index is 1.35. The third-order valence-corrected chi connectivity index (χ3v) is 6.58. The van der Waals surface area contributed by atoms with Gasteiger partial charge < -0.3 is 10.1 Å². The first-order valence-electron chi connectivity index (χ1n) is 10.2. The molecule has 0 aromatic heterocycles. The van der Waals surface area contributed by atoms with Gasteiger partial charge in [-0.15, -0.1) is 11.8 Å². The van der Waals surface area contributed by atoms with E-state index in [-0.39, 0.29) is 30.6 Å². The standard InChI is InChI=1S/C25H21ClN2O4S/c1-32-20-10-8-19(9-11-20)28-24(30)15-22(25(28)31)33-21-12-6-18(7-13-21)27-23(29)14-16-2-4-17(26)5-3-16/h2-13,22H,14-15H2,1H3,(H,27,29)/t22-/m1/s1. The Morgan fingerprint density at radius 3 is 2.33 bits per heavy atom. The van der Waals surface area contributed by atoms with Crippen LogP contribution >= 0.6 is 23.4 Å². The van der Waals surface area contributed by atoms with Gasteiger partial charge in [-0.25, -0.2) is 4.90 Å². The van der Waals surface area contributed by atoms with Crippen LogP contribution < -0.4 is 15.0 Å². The van der Waals surface area contributed by atoms with Crippen molar-refractivity contribution in [1.29, 1.82) is 0 Å². The van der Waals surface area contributed by atoms with Crippen molar-refractivity contribution in [2.45, 2.75) is 23.0 Å². The maximum atomic E-state index is 12.9. The zero-order chi connectivity index (χ0) is 23.4. The van der Waals surface area contributed by atoms with Gasteiger partial charge in [0.05, 0.1) is 24.5 Å². The van der Waals surface area contributed by atoms with Crippen LogP contribution in [0.5, 0.6) is 5.75 Å². The first kappa shape index (κ1) is 22.9. The van der Waals surface area contributed by atoms with E-state index in [0.717, 1.165) is 10.5 Å². The molecule has 8 heteroatoms. The van der Waals surface area contributed by atoms with Crippen molar-refractivity contribution in [1.82, 2.24) is 0 Å². The Bertz CT molecular complexity index is 1160. The lowest BCUT2D eigenvalue weighted by molar-refractivity contribution is -0.121. The monoisotopic (exact) mass is 480 g/mol. The molecule has 1 aliphatic rings. The summed E-state index contributed by atoms with van der Waals surface area (Å²) in [6.07, 6.45) is 0.378. The van der Waals surface area contributed by atoms with Gasteiger partial charge in [0.15, 0.2) is 0 Å². The van der Waals surface area contributed by atoms with E-state index < -0.39 is 5.25 Å². The van der Waals surface area contributed by atoms with Gasteiger partial charge in [-0.05, 0) is 66.2 Å². The normalized spacial score (nSPS) is 15.6. The molecular weight excluding hydrogens is 460 g/mol. The van der Waals surface area contributed by atoms with Crippen molar-refractivity contribution in [2.75, 3.05) is 17.3 Å². The molecule has 0 saturated carbocycles. The van der Waals surface area contributed by atoms with Gasteiger partial charge in [0.1, 0.15) is 5.75 Å². The zero-order valence-corrected chi connectivity index (χ0v) is 19.4. The second-order valence-electron chi connectivity index (χ2n) is 7.45. The van der Waals surface area contributed by atoms with Crippen molar-refractivity contribution in [2.24, 2.45) is 0 Å². The van der Waals surface area contributed by atoms with Crippen molar-refractivity contribution < 1.29 is 19.1 Å². The number of imide groups is 1. The fraction of sp³-hybridized carbons (Fsp3) is 0.160. The molecule has 4 rings (SSSR count). The van der Waals surface area contributed by atoms with Gasteiger partial charge in [-0.2, -0.15) is 0 Å². The van der Waals surface area contributed by atoms with Crippen molar-refractivity contribution >= 4 is 52.5 Å². The Morgan fingerprint density at radius 1 is 1.03 bits per heavy atom. The molecule has 168 valence electrons. The first-order valence-corrected chi connectivity index (χ1v) is 11.5. The number of nitrogens with one attached hydrogen (secondary N) is 1. The molecule has 1 N–H and O–H groups in total. The number of benzene rings is 3. The Hall–Kier alpha value is -3.29. The molecule has 0 unspecified atom stereocenters. The summed E-state index contributed by atoms with van der Waals surface area (Å²) in [6, 6.07) is 21.2. The fourth-order valence-electron chi connectivity index (χ4n) is 3.47. The van der Waals surface area contributed by atoms with Gasteiger partial charge in [0.25, 0.3) is 0 Å². The van der Waals surface area contributed by atoms with Crippen LogP contribution in [0.15, 0.2) is 77.7 Å². The fourth-order valence-corrected chi connectivity index (χ4v) is 4.65. The number of carbonyl (C=O) groups excluding carboxylic acids is 3. The van der Waals surface area contributed by atoms with Gasteiger partial charge in [-0.1, -0.05) is 23.7 Å². The van der Waals surface area contributed by atoms with E-state index in [4.69, 9.17) is 16.3 Å². The highest BCUT2D eigenvalue weighted by atomic mass is 35.5. The summed E-state index contributed by atoms with van der Waals surface area (Å²) in [5.41, 5.74) is 2.06. The van der Waals surface area contributed by atoms with E-state index in [2.05, 4.69) is 5.32 Å². The second-order valence-corrected chi connectivity index (χ2v) is 9.16. The SMILES string of the molecule is COc1ccc(N2C(=O)C[C@@H](Sc3ccc(NC(=O)Cc4ccc(Cl)cc4)cc3)C2=O)cc1. The van der Waals surface area contributed by atoms with Crippen molar-refractivity contribution in [3.63, 3.8) is 0 Å². The topological polar surface area (TPSA) is 75.7 Å². The molecule has 1 fully saturated rings. The van der Waals surface area contributed by atoms with Crippen LogP contribution in [0, 0.1) is 0 Å². The van der Waals surface area contributed by atoms with Crippen LogP contribution in [0.2, 0.25) is 5.02 Å². The summed E-state index contributed by atoms with van der Waals surface area (Å²) in [7, 11) is 1.56. The van der Waals surface area contributed by atoms with Crippen LogP contribution in [0.1, 0.15) is 12.0 Å². The average molecular weight is 481 g/mol. The highest BCUT2D eigenvalue weighted by Crippen LogP contribution is 2.34. The van der Waals surface area contributed by atoms with Gasteiger partial charge in [0, 0.05) is 22.0 Å². The molecule has 3 amide bonds. The van der Waals surface area contributed by atoms with Crippen LogP contribution in [-0.4, -0.2) is 30.1 Å². The van der Waals surface area contributed by atoms with E-state index in [1.165, 1.54) is 16.7 Å². The number of thioether (sulfide) groups is 1. The number of hydrogen-bond acceptors (Lipinski definition) is 5. The van der Waals surface area contributed by atoms with Crippen LogP contribution in [0.3, 0.4) is 0 Å². The lowest BCUT2D eigenvalue weighted by Crippen LogP contribution is -2.31. The Labute approximate surface area is 200 Å². The minimum absolute atomic E-state index is 0.134. The number of anilines is 2. The van der Waals surface area contributed by atoms with E-state index >= 15 is 0 Å². The minimum atomic E-state index is -0.495. The summed E-state index contributed by atoms with van der Waals surface area (Å²) in [6.45, 7) is 0. The molecular formula is C25H21ClN2O4S. The predicted octanol–water partition coefficient (Wildman–Crippen LogP) is 4.95. The predicted molar refractivity (Wildman–Crippen MR) is 130 cm³/mol. The second kappa shape index (κ2) is 10.1. The Kier molecular flexibility index (Phi) is 7.01. The van der Waals surface area contributed by atoms with E-state index in [9.17, 15) is 14.4 Å². The molecule has 1 saturated heterocycles. The molecule has 0 aliphatic carbocycles. The number of methoxy groups -OCH3 is 1. The minimum Gasteiger partial charge on any atom is -0.497 e. The maximum Gasteiger partial charge on any atom is 0.247 e. The molecule has 0 radical (unpaired) electrons. The number of hydrogen-bond donors (Lipinski definition) is 1. The molecule has 3 aromatic carbocycles. The highest BCUT2D eigenvalue weighted by molar-refractivity contribution is 8.00. The molecule has 1 atom stereocenters. The molecule has 33 heavy (non-hydrogen) atoms. The number of carbonyl (C=O) groups is 3. The first-order chi connectivity index (χ1) is 15.9. The van der Waals surface area contributed by atoms with E-state index in [1.54, 1.807) is 55.6 Å². The number of nitrogens with zero attached hydrogens (tertiary/aromatic N) is 1.